The third-order valence-corrected chi connectivity index (χ3v) is 4.83. The summed E-state index contributed by atoms with van der Waals surface area (Å²) in [5.74, 6) is -0.279. The largest absolute Gasteiger partial charge is 0.395 e. The lowest BCUT2D eigenvalue weighted by Gasteiger charge is -2.34. The van der Waals surface area contributed by atoms with Crippen LogP contribution in [0.5, 0.6) is 0 Å². The van der Waals surface area contributed by atoms with E-state index in [1.54, 1.807) is 29.1 Å². The van der Waals surface area contributed by atoms with Crippen molar-refractivity contribution in [3.63, 3.8) is 0 Å². The molecule has 8 heteroatoms. The second-order valence-electron chi connectivity index (χ2n) is 6.77. The highest BCUT2D eigenvalue weighted by Crippen LogP contribution is 2.15. The number of benzene rings is 1. The van der Waals surface area contributed by atoms with Crippen molar-refractivity contribution in [2.45, 2.75) is 31.8 Å². The molecule has 3 N–H and O–H groups in total. The molecule has 27 heavy (non-hydrogen) atoms. The summed E-state index contributed by atoms with van der Waals surface area (Å²) >= 11 is 0. The quantitative estimate of drug-likeness (QED) is 0.692. The van der Waals surface area contributed by atoms with Crippen LogP contribution in [0.25, 0.3) is 0 Å². The van der Waals surface area contributed by atoms with E-state index in [0.717, 1.165) is 25.8 Å². The highest BCUT2D eigenvalue weighted by atomic mass is 19.1. The van der Waals surface area contributed by atoms with Gasteiger partial charge in [0.25, 0.3) is 0 Å². The fourth-order valence-corrected chi connectivity index (χ4v) is 3.37. The van der Waals surface area contributed by atoms with E-state index in [-0.39, 0.29) is 24.5 Å². The van der Waals surface area contributed by atoms with Crippen molar-refractivity contribution in [2.75, 3.05) is 31.6 Å². The van der Waals surface area contributed by atoms with E-state index in [1.807, 2.05) is 0 Å². The Morgan fingerprint density at radius 1 is 1.33 bits per heavy atom. The molecule has 0 bridgehead atoms. The molecule has 1 aliphatic heterocycles. The number of carbonyl (C=O) groups excluding carboxylic acids is 1. The second kappa shape index (κ2) is 9.48. The Labute approximate surface area is 158 Å². The van der Waals surface area contributed by atoms with E-state index in [0.29, 0.717) is 30.9 Å². The number of urea groups is 1. The van der Waals surface area contributed by atoms with Gasteiger partial charge in [0, 0.05) is 30.9 Å². The highest BCUT2D eigenvalue weighted by molar-refractivity contribution is 5.88. The van der Waals surface area contributed by atoms with Gasteiger partial charge in [-0.3, -0.25) is 9.58 Å². The van der Waals surface area contributed by atoms with Crippen molar-refractivity contribution in [3.05, 3.63) is 48.0 Å². The minimum Gasteiger partial charge on any atom is -0.395 e. The van der Waals surface area contributed by atoms with Gasteiger partial charge in [0.15, 0.2) is 0 Å². The fraction of sp³-hybridized carbons (Fsp3) is 0.474. The zero-order valence-electron chi connectivity index (χ0n) is 15.3. The number of nitrogens with one attached hydrogen (secondary N) is 2. The van der Waals surface area contributed by atoms with Crippen LogP contribution in [-0.2, 0) is 6.54 Å². The summed E-state index contributed by atoms with van der Waals surface area (Å²) in [7, 11) is 0. The van der Waals surface area contributed by atoms with Crippen molar-refractivity contribution in [2.24, 2.45) is 0 Å². The molecular weight excluding hydrogens is 349 g/mol. The number of hydrogen-bond donors (Lipinski definition) is 3. The van der Waals surface area contributed by atoms with E-state index >= 15 is 0 Å². The molecule has 1 aromatic heterocycles. The smallest absolute Gasteiger partial charge is 0.319 e. The number of piperidine rings is 1. The zero-order chi connectivity index (χ0) is 19.1. The van der Waals surface area contributed by atoms with Crippen LogP contribution in [0, 0.1) is 5.82 Å². The number of aromatic nitrogens is 2. The Kier molecular flexibility index (Phi) is 6.78. The van der Waals surface area contributed by atoms with Crippen LogP contribution in [0.2, 0.25) is 0 Å². The van der Waals surface area contributed by atoms with Gasteiger partial charge in [0.2, 0.25) is 0 Å². The molecule has 146 valence electrons. The number of carbonyl (C=O) groups is 1. The van der Waals surface area contributed by atoms with Gasteiger partial charge in [0.05, 0.1) is 25.0 Å². The van der Waals surface area contributed by atoms with Crippen LogP contribution in [0.1, 0.15) is 24.8 Å². The number of likely N-dealkylation sites (tertiary alicyclic amines) is 1. The zero-order valence-corrected chi connectivity index (χ0v) is 15.3. The van der Waals surface area contributed by atoms with E-state index in [9.17, 15) is 14.3 Å². The number of aliphatic hydroxyl groups excluding tert-OH is 1. The molecule has 3 rings (SSSR count). The molecule has 0 spiro atoms. The molecule has 1 aromatic carbocycles. The molecule has 0 aliphatic carbocycles. The molecule has 0 unspecified atom stereocenters. The van der Waals surface area contributed by atoms with Crippen molar-refractivity contribution >= 4 is 11.7 Å². The topological polar surface area (TPSA) is 82.4 Å². The first-order valence-electron chi connectivity index (χ1n) is 9.31. The summed E-state index contributed by atoms with van der Waals surface area (Å²) in [4.78, 5) is 14.3. The minimum atomic E-state index is -0.307. The summed E-state index contributed by atoms with van der Waals surface area (Å²) in [6.07, 6.45) is 6.48. The molecule has 1 aliphatic rings. The number of aliphatic hydroxyl groups is 1. The number of rotatable bonds is 7. The summed E-state index contributed by atoms with van der Waals surface area (Å²) in [6, 6.07) is 6.43. The fourth-order valence-electron chi connectivity index (χ4n) is 3.37. The monoisotopic (exact) mass is 375 g/mol. The number of anilines is 1. The van der Waals surface area contributed by atoms with Crippen molar-refractivity contribution in [3.8, 4) is 0 Å². The Bertz CT molecular complexity index is 751. The average Bonchev–Trinajstić information content (AvgIpc) is 3.11. The Morgan fingerprint density at radius 2 is 2.19 bits per heavy atom. The first kappa shape index (κ1) is 19.3. The lowest BCUT2D eigenvalue weighted by molar-refractivity contribution is 0.0917. The van der Waals surface area contributed by atoms with E-state index in [2.05, 4.69) is 20.6 Å². The first-order valence-corrected chi connectivity index (χ1v) is 9.31. The maximum absolute atomic E-state index is 13.7. The number of nitrogens with zero attached hydrogens (tertiary/aromatic N) is 3. The van der Waals surface area contributed by atoms with Crippen LogP contribution in [0.15, 0.2) is 36.7 Å². The molecular formula is C19H26FN5O2. The SMILES string of the molecule is O=C(NCCN1CCCC[C@@H]1CO)Nc1cnn(Cc2ccccc2F)c1. The van der Waals surface area contributed by atoms with Gasteiger partial charge < -0.3 is 15.7 Å². The molecule has 1 fully saturated rings. The molecule has 2 heterocycles. The summed E-state index contributed by atoms with van der Waals surface area (Å²) in [5, 5.41) is 19.1. The number of hydrogen-bond acceptors (Lipinski definition) is 4. The van der Waals surface area contributed by atoms with E-state index in [4.69, 9.17) is 0 Å². The van der Waals surface area contributed by atoms with Gasteiger partial charge in [-0.15, -0.1) is 0 Å². The summed E-state index contributed by atoms with van der Waals surface area (Å²) in [6.45, 7) is 2.63. The molecule has 1 saturated heterocycles. The third-order valence-electron chi connectivity index (χ3n) is 4.83. The highest BCUT2D eigenvalue weighted by Gasteiger charge is 2.21. The summed E-state index contributed by atoms with van der Waals surface area (Å²) < 4.78 is 15.3. The van der Waals surface area contributed by atoms with Crippen molar-refractivity contribution in [1.29, 1.82) is 0 Å². The molecule has 0 saturated carbocycles. The lowest BCUT2D eigenvalue weighted by Crippen LogP contribution is -2.46. The molecule has 2 amide bonds. The van der Waals surface area contributed by atoms with Crippen LogP contribution in [0.4, 0.5) is 14.9 Å². The molecule has 1 atom stereocenters. The normalized spacial score (nSPS) is 17.6. The number of halogens is 1. The van der Waals surface area contributed by atoms with Crippen LogP contribution in [-0.4, -0.2) is 58.1 Å². The van der Waals surface area contributed by atoms with Crippen LogP contribution < -0.4 is 10.6 Å². The molecule has 0 radical (unpaired) electrons. The Hall–Kier alpha value is -2.45. The maximum atomic E-state index is 13.7. The standard InChI is InChI=1S/C19H26FN5O2/c20-18-7-2-1-5-15(18)12-25-13-16(11-22-25)23-19(27)21-8-10-24-9-4-3-6-17(24)14-26/h1-2,5,7,11,13,17,26H,3-4,6,8-10,12,14H2,(H2,21,23,27)/t17-/m1/s1. The second-order valence-corrected chi connectivity index (χ2v) is 6.77. The molecule has 7 nitrogen and oxygen atoms in total. The van der Waals surface area contributed by atoms with E-state index in [1.165, 1.54) is 12.3 Å². The average molecular weight is 375 g/mol. The van der Waals surface area contributed by atoms with Gasteiger partial charge in [0.1, 0.15) is 5.82 Å². The van der Waals surface area contributed by atoms with Gasteiger partial charge >= 0.3 is 6.03 Å². The van der Waals surface area contributed by atoms with E-state index < -0.39 is 0 Å². The van der Waals surface area contributed by atoms with Gasteiger partial charge in [-0.25, -0.2) is 9.18 Å². The third kappa shape index (κ3) is 5.51. The van der Waals surface area contributed by atoms with Gasteiger partial charge in [-0.2, -0.15) is 5.10 Å². The van der Waals surface area contributed by atoms with Crippen molar-refractivity contribution in [1.82, 2.24) is 20.0 Å². The Morgan fingerprint density at radius 3 is 3.00 bits per heavy atom. The predicted molar refractivity (Wildman–Crippen MR) is 101 cm³/mol. The lowest BCUT2D eigenvalue weighted by atomic mass is 10.0. The molecule has 2 aromatic rings. The first-order chi connectivity index (χ1) is 13.2. The van der Waals surface area contributed by atoms with Crippen LogP contribution in [0.3, 0.4) is 0 Å². The van der Waals surface area contributed by atoms with Crippen molar-refractivity contribution < 1.29 is 14.3 Å². The minimum absolute atomic E-state index is 0.160. The number of amides is 2. The van der Waals surface area contributed by atoms with Gasteiger partial charge in [-0.05, 0) is 25.5 Å². The van der Waals surface area contributed by atoms with Crippen LogP contribution >= 0.6 is 0 Å². The predicted octanol–water partition coefficient (Wildman–Crippen LogP) is 2.04. The van der Waals surface area contributed by atoms with Gasteiger partial charge in [-0.1, -0.05) is 24.6 Å². The summed E-state index contributed by atoms with van der Waals surface area (Å²) in [5.41, 5.74) is 1.09. The Balaban J connectivity index is 1.43. The maximum Gasteiger partial charge on any atom is 0.319 e.